The molecule has 1 aromatic carbocycles. The summed E-state index contributed by atoms with van der Waals surface area (Å²) in [6.07, 6.45) is 0. The number of aryl methyl sites for hydroxylation is 1. The van der Waals surface area contributed by atoms with Gasteiger partial charge in [-0.2, -0.15) is 0 Å². The van der Waals surface area contributed by atoms with E-state index in [1.54, 1.807) is 13.0 Å². The quantitative estimate of drug-likeness (QED) is 0.671. The van der Waals surface area contributed by atoms with Gasteiger partial charge in [0, 0.05) is 11.6 Å². The fourth-order valence-corrected chi connectivity index (χ4v) is 3.12. The van der Waals surface area contributed by atoms with Crippen molar-refractivity contribution < 1.29 is 23.5 Å². The Morgan fingerprint density at radius 2 is 2.10 bits per heavy atom. The molecule has 8 heteroatoms. The third kappa shape index (κ3) is 3.16. The highest BCUT2D eigenvalue weighted by atomic mass is 32.2. The van der Waals surface area contributed by atoms with Gasteiger partial charge in [-0.3, -0.25) is 14.3 Å². The molecule has 0 aliphatic carbocycles. The summed E-state index contributed by atoms with van der Waals surface area (Å²) >= 11 is 0. The zero-order chi connectivity index (χ0) is 15.6. The van der Waals surface area contributed by atoms with Crippen LogP contribution in [0.3, 0.4) is 0 Å². The first kappa shape index (κ1) is 14.9. The van der Waals surface area contributed by atoms with Crippen molar-refractivity contribution in [3.05, 3.63) is 57.5 Å². The van der Waals surface area contributed by atoms with E-state index >= 15 is 0 Å². The number of nitro groups is 1. The number of hydrogen-bond acceptors (Lipinski definition) is 5. The molecule has 1 heterocycles. The Hall–Kier alpha value is -2.48. The predicted molar refractivity (Wildman–Crippen MR) is 73.6 cm³/mol. The Labute approximate surface area is 121 Å². The maximum atomic E-state index is 12.3. The summed E-state index contributed by atoms with van der Waals surface area (Å²) < 4.78 is 17.3. The third-order valence-corrected chi connectivity index (χ3v) is 4.23. The van der Waals surface area contributed by atoms with Crippen LogP contribution in [0.25, 0.3) is 0 Å². The number of carboxylic acid groups (broad SMARTS) is 1. The fraction of sp³-hybridized carbons (Fsp3) is 0.154. The Morgan fingerprint density at radius 1 is 1.43 bits per heavy atom. The average Bonchev–Trinajstić information content (AvgIpc) is 2.80. The average molecular weight is 309 g/mol. The van der Waals surface area contributed by atoms with Crippen molar-refractivity contribution in [3.63, 3.8) is 0 Å². The Bertz CT molecular complexity index is 736. The molecule has 1 atom stereocenters. The smallest absolute Gasteiger partial charge is 0.371 e. The number of furan rings is 1. The first-order valence-corrected chi connectivity index (χ1v) is 7.16. The fourth-order valence-electron chi connectivity index (χ4n) is 1.79. The summed E-state index contributed by atoms with van der Waals surface area (Å²) in [7, 11) is -1.67. The van der Waals surface area contributed by atoms with E-state index in [0.717, 1.165) is 0 Å². The zero-order valence-electron chi connectivity index (χ0n) is 10.9. The highest BCUT2D eigenvalue weighted by Gasteiger charge is 2.21. The van der Waals surface area contributed by atoms with Gasteiger partial charge in [-0.15, -0.1) is 0 Å². The van der Waals surface area contributed by atoms with E-state index in [-0.39, 0.29) is 22.1 Å². The minimum absolute atomic E-state index is 0.0481. The second-order valence-electron chi connectivity index (χ2n) is 4.21. The van der Waals surface area contributed by atoms with Crippen LogP contribution in [0.5, 0.6) is 0 Å². The molecule has 21 heavy (non-hydrogen) atoms. The van der Waals surface area contributed by atoms with Crippen LogP contribution >= 0.6 is 0 Å². The largest absolute Gasteiger partial charge is 0.475 e. The van der Waals surface area contributed by atoms with Crippen molar-refractivity contribution in [2.45, 2.75) is 17.6 Å². The van der Waals surface area contributed by atoms with Crippen LogP contribution in [0, 0.1) is 17.0 Å². The molecule has 0 saturated heterocycles. The van der Waals surface area contributed by atoms with Crippen LogP contribution in [0.1, 0.15) is 21.9 Å². The number of carbonyl (C=O) groups is 1. The van der Waals surface area contributed by atoms with Gasteiger partial charge in [0.2, 0.25) is 5.76 Å². The van der Waals surface area contributed by atoms with Crippen molar-refractivity contribution in [2.24, 2.45) is 0 Å². The molecule has 0 aliphatic heterocycles. The van der Waals surface area contributed by atoms with Crippen molar-refractivity contribution in [1.29, 1.82) is 0 Å². The number of carboxylic acids is 1. The lowest BCUT2D eigenvalue weighted by atomic mass is 10.3. The van der Waals surface area contributed by atoms with Gasteiger partial charge in [0.05, 0.1) is 21.5 Å². The second-order valence-corrected chi connectivity index (χ2v) is 5.63. The molecule has 0 saturated carbocycles. The molecule has 1 N–H and O–H groups in total. The molecular weight excluding hydrogens is 298 g/mol. The lowest BCUT2D eigenvalue weighted by Gasteiger charge is -2.02. The first-order valence-electron chi connectivity index (χ1n) is 5.84. The highest BCUT2D eigenvalue weighted by molar-refractivity contribution is 7.84. The topological polar surface area (TPSA) is 111 Å². The number of hydrogen-bond donors (Lipinski definition) is 1. The summed E-state index contributed by atoms with van der Waals surface area (Å²) in [5.74, 6) is -1.18. The van der Waals surface area contributed by atoms with Gasteiger partial charge in [-0.25, -0.2) is 4.79 Å². The number of para-hydroxylation sites is 1. The summed E-state index contributed by atoms with van der Waals surface area (Å²) in [6.45, 7) is 1.55. The molecule has 0 spiro atoms. The molecule has 0 radical (unpaired) electrons. The van der Waals surface area contributed by atoms with Crippen LogP contribution in [0.15, 0.2) is 39.6 Å². The van der Waals surface area contributed by atoms with Gasteiger partial charge in [0.1, 0.15) is 10.7 Å². The summed E-state index contributed by atoms with van der Waals surface area (Å²) in [6, 6.07) is 7.03. The molecule has 2 aromatic rings. The van der Waals surface area contributed by atoms with E-state index in [1.165, 1.54) is 24.3 Å². The van der Waals surface area contributed by atoms with Crippen LogP contribution in [0.2, 0.25) is 0 Å². The molecular formula is C13H11NO6S. The Morgan fingerprint density at radius 3 is 2.67 bits per heavy atom. The van der Waals surface area contributed by atoms with Crippen LogP contribution < -0.4 is 0 Å². The maximum Gasteiger partial charge on any atom is 0.371 e. The van der Waals surface area contributed by atoms with Gasteiger partial charge in [0.15, 0.2) is 0 Å². The van der Waals surface area contributed by atoms with Crippen LogP contribution in [-0.2, 0) is 16.6 Å². The van der Waals surface area contributed by atoms with Crippen molar-refractivity contribution in [3.8, 4) is 0 Å². The molecule has 7 nitrogen and oxygen atoms in total. The minimum atomic E-state index is -1.67. The monoisotopic (exact) mass is 309 g/mol. The number of benzene rings is 1. The van der Waals surface area contributed by atoms with E-state index in [4.69, 9.17) is 9.52 Å². The van der Waals surface area contributed by atoms with Crippen LogP contribution in [0.4, 0.5) is 5.69 Å². The number of aromatic carboxylic acids is 1. The minimum Gasteiger partial charge on any atom is -0.475 e. The molecule has 0 bridgehead atoms. The molecule has 110 valence electrons. The van der Waals surface area contributed by atoms with Crippen molar-refractivity contribution in [1.82, 2.24) is 0 Å². The van der Waals surface area contributed by atoms with E-state index < -0.39 is 21.7 Å². The summed E-state index contributed by atoms with van der Waals surface area (Å²) in [5, 5.41) is 19.7. The third-order valence-electron chi connectivity index (χ3n) is 2.83. The summed E-state index contributed by atoms with van der Waals surface area (Å²) in [5.41, 5.74) is 0.222. The molecule has 2 rings (SSSR count). The normalized spacial score (nSPS) is 12.0. The molecule has 0 fully saturated rings. The highest BCUT2D eigenvalue weighted by Crippen LogP contribution is 2.25. The first-order chi connectivity index (χ1) is 9.90. The second kappa shape index (κ2) is 5.88. The number of nitrogens with zero attached hydrogens (tertiary/aromatic N) is 1. The Kier molecular flexibility index (Phi) is 4.18. The number of nitro benzene ring substituents is 1. The molecule has 0 amide bonds. The van der Waals surface area contributed by atoms with E-state index in [9.17, 15) is 19.1 Å². The van der Waals surface area contributed by atoms with Gasteiger partial charge >= 0.3 is 5.97 Å². The van der Waals surface area contributed by atoms with Crippen LogP contribution in [-0.4, -0.2) is 20.2 Å². The molecule has 1 aromatic heterocycles. The van der Waals surface area contributed by atoms with Gasteiger partial charge in [-0.05, 0) is 19.1 Å². The maximum absolute atomic E-state index is 12.3. The molecule has 1 unspecified atom stereocenters. The zero-order valence-corrected chi connectivity index (χ0v) is 11.8. The van der Waals surface area contributed by atoms with Crippen molar-refractivity contribution >= 4 is 22.5 Å². The number of rotatable bonds is 5. The van der Waals surface area contributed by atoms with Gasteiger partial charge in [0.25, 0.3) is 5.69 Å². The van der Waals surface area contributed by atoms with Gasteiger partial charge < -0.3 is 9.52 Å². The lowest BCUT2D eigenvalue weighted by molar-refractivity contribution is -0.387. The standard InChI is InChI=1S/C13H11NO6S/c1-8-9(6-11(20-8)13(15)16)7-21(19)12-5-3-2-4-10(12)14(17)18/h2-6H,7H2,1H3,(H,15,16). The Balaban J connectivity index is 2.31. The van der Waals surface area contributed by atoms with Crippen molar-refractivity contribution in [2.75, 3.05) is 0 Å². The van der Waals surface area contributed by atoms with E-state index in [2.05, 4.69) is 0 Å². The van der Waals surface area contributed by atoms with E-state index in [1.807, 2.05) is 0 Å². The predicted octanol–water partition coefficient (Wildman–Crippen LogP) is 2.50. The summed E-state index contributed by atoms with van der Waals surface area (Å²) in [4.78, 5) is 21.2. The lowest BCUT2D eigenvalue weighted by Crippen LogP contribution is -2.01. The molecule has 0 aliphatic rings. The van der Waals surface area contributed by atoms with E-state index in [0.29, 0.717) is 11.3 Å². The SMILES string of the molecule is Cc1oc(C(=O)O)cc1CS(=O)c1ccccc1[N+](=O)[O-]. The van der Waals surface area contributed by atoms with Gasteiger partial charge in [-0.1, -0.05) is 12.1 Å².